The molecule has 0 N–H and O–H groups in total. The Morgan fingerprint density at radius 3 is 0.595 bits per heavy atom. The maximum Gasteiger partial charge on any atom is -0.0385 e. The van der Waals surface area contributed by atoms with Crippen LogP contribution in [0.3, 0.4) is 0 Å². The van der Waals surface area contributed by atoms with E-state index in [9.17, 15) is 0 Å². The number of unbranched alkanes of at least 4 members (excludes halogenated alkanes) is 3. The summed E-state index contributed by atoms with van der Waals surface area (Å²) in [6.45, 7) is 74.7. The lowest BCUT2D eigenvalue weighted by Crippen LogP contribution is -2.08. The van der Waals surface area contributed by atoms with Crippen LogP contribution in [0.4, 0.5) is 0 Å². The standard InChI is InChI=1S/C7H14.2C6H12.C6H14.2C5H10.4C5H12.C4H8.2C4H10.C3H8.2C2H6/c1-6-4-3-5-7(6)2;1-6-4-2-3-5-6;1-2-6-4-3-5-6;1-5-6(2,3)4;1-5-3-2-4-5;1-2-5-3-4-5;1-5(2,3)4;2*1-4-5(2)3;1-3-5-4-2;1-4-2-3-4;1-4(2)3;1-3-4-2;1-3-2;2*1-2/h6-7H,3-5H2,1-2H3;2*6H,2-5H2,1H3;5H2,1-4H3;2*5H,2-4H2,1H3;1-4H3;2*5H,4H2,1-3H3;3-5H2,1-2H3;4H,2-3H2,1H3;4H,1-3H3;3-4H2,1-2H3;3H2,1-2H3;2*1-2H3. The van der Waals surface area contributed by atoms with E-state index in [1.54, 1.807) is 0 Å². The summed E-state index contributed by atoms with van der Waals surface area (Å²) in [5.41, 5.74) is 1.04. The highest BCUT2D eigenvalue weighted by molar-refractivity contribution is 4.70. The molecule has 0 aromatic heterocycles. The summed E-state index contributed by atoms with van der Waals surface area (Å²) in [6.07, 6.45) is 40.0. The second-order valence-electron chi connectivity index (χ2n) is 27.4. The molecule has 6 fully saturated rings. The van der Waals surface area contributed by atoms with Crippen LogP contribution in [0.5, 0.6) is 0 Å². The molecule has 0 aromatic carbocycles. The van der Waals surface area contributed by atoms with Gasteiger partial charge in [0.05, 0.1) is 0 Å². The van der Waals surface area contributed by atoms with E-state index in [1.807, 2.05) is 27.7 Å². The fourth-order valence-electron chi connectivity index (χ4n) is 5.02. The Morgan fingerprint density at radius 1 is 0.351 bits per heavy atom. The molecule has 6 saturated carbocycles. The Bertz CT molecular complexity index is 771. The zero-order valence-corrected chi connectivity index (χ0v) is 60.6. The fraction of sp³-hybridized carbons (Fsp3) is 1.00. The van der Waals surface area contributed by atoms with E-state index in [1.165, 1.54) is 180 Å². The second-order valence-corrected chi connectivity index (χ2v) is 27.4. The monoisotopic (exact) mass is 1060 g/mol. The van der Waals surface area contributed by atoms with Gasteiger partial charge in [-0.15, -0.1) is 0 Å². The molecule has 0 heteroatoms. The van der Waals surface area contributed by atoms with Crippen molar-refractivity contribution in [3.05, 3.63) is 0 Å². The first-order valence-electron chi connectivity index (χ1n) is 34.4. The van der Waals surface area contributed by atoms with Gasteiger partial charge in [0.25, 0.3) is 0 Å². The fourth-order valence-corrected chi connectivity index (χ4v) is 5.02. The van der Waals surface area contributed by atoms with Crippen molar-refractivity contribution in [1.29, 1.82) is 0 Å². The predicted octanol–water partition coefficient (Wildman–Crippen LogP) is 29.6. The summed E-state index contributed by atoms with van der Waals surface area (Å²) in [5.74, 6) is 10.1. The number of hydrogen-bond acceptors (Lipinski definition) is 0. The molecular weight excluding hydrogens is 889 g/mol. The molecule has 0 aliphatic heterocycles. The summed E-state index contributed by atoms with van der Waals surface area (Å²) < 4.78 is 0. The van der Waals surface area contributed by atoms with Crippen LogP contribution in [0.1, 0.15) is 415 Å². The van der Waals surface area contributed by atoms with Crippen molar-refractivity contribution in [2.75, 3.05) is 0 Å². The van der Waals surface area contributed by atoms with Crippen molar-refractivity contribution in [3.63, 3.8) is 0 Å². The highest BCUT2D eigenvalue weighted by Crippen LogP contribution is 2.32. The van der Waals surface area contributed by atoms with Gasteiger partial charge in [0.2, 0.25) is 0 Å². The van der Waals surface area contributed by atoms with Crippen molar-refractivity contribution in [2.24, 2.45) is 70.0 Å². The third-order valence-corrected chi connectivity index (χ3v) is 13.2. The zero-order chi connectivity index (χ0) is 60.6. The molecule has 0 bridgehead atoms. The minimum absolute atomic E-state index is 0.500. The highest BCUT2D eigenvalue weighted by atomic mass is 14.2. The van der Waals surface area contributed by atoms with Gasteiger partial charge >= 0.3 is 0 Å². The number of rotatable bonds is 7. The lowest BCUT2D eigenvalue weighted by molar-refractivity contribution is 0.307. The molecular formula is C74H168. The maximum atomic E-state index is 2.36. The van der Waals surface area contributed by atoms with Crippen LogP contribution >= 0.6 is 0 Å². The summed E-state index contributed by atoms with van der Waals surface area (Å²) in [5, 5.41) is 0. The molecule has 6 aliphatic rings. The summed E-state index contributed by atoms with van der Waals surface area (Å²) >= 11 is 0. The Labute approximate surface area is 482 Å². The van der Waals surface area contributed by atoms with E-state index in [2.05, 4.69) is 208 Å². The quantitative estimate of drug-likeness (QED) is 0.238. The van der Waals surface area contributed by atoms with Crippen molar-refractivity contribution in [1.82, 2.24) is 0 Å². The molecule has 0 amide bonds. The Kier molecular flexibility index (Phi) is 100. The first-order valence-corrected chi connectivity index (χ1v) is 34.4. The van der Waals surface area contributed by atoms with E-state index in [0.717, 1.165) is 59.2 Å². The third kappa shape index (κ3) is 151. The average Bonchev–Trinajstić information content (AvgIpc) is 4.24. The first-order chi connectivity index (χ1) is 34.4. The molecule has 0 nitrogen and oxygen atoms in total. The summed E-state index contributed by atoms with van der Waals surface area (Å²) in [4.78, 5) is 0. The largest absolute Gasteiger partial charge is 0.0683 e. The predicted molar refractivity (Wildman–Crippen MR) is 362 cm³/mol. The van der Waals surface area contributed by atoms with Gasteiger partial charge in [-0.1, -0.05) is 415 Å². The average molecular weight is 1060 g/mol. The van der Waals surface area contributed by atoms with Crippen LogP contribution in [0.2, 0.25) is 0 Å². The van der Waals surface area contributed by atoms with Crippen molar-refractivity contribution < 1.29 is 0 Å². The second kappa shape index (κ2) is 77.2. The van der Waals surface area contributed by atoms with Crippen molar-refractivity contribution in [2.45, 2.75) is 415 Å². The smallest absolute Gasteiger partial charge is 0.0385 e. The molecule has 74 heavy (non-hydrogen) atoms. The minimum atomic E-state index is 0.500. The van der Waals surface area contributed by atoms with Crippen LogP contribution < -0.4 is 0 Å². The van der Waals surface area contributed by atoms with Gasteiger partial charge in [0, 0.05) is 0 Å². The molecule has 0 spiro atoms. The molecule has 2 atom stereocenters. The maximum absolute atomic E-state index is 2.36. The SMILES string of the molecule is CC.CC.CC(C)(C)C.CC(C)C.CC1CC1.CC1CCC1.CC1CCCC1.CC1CCCC1C.CCC.CCC(C)(C)C.CCC(C)C.CCC(C)C.CCC1CC1.CCC1CCC1.CCCC.CCCCC. The van der Waals surface area contributed by atoms with Gasteiger partial charge in [-0.2, -0.15) is 0 Å². The van der Waals surface area contributed by atoms with Gasteiger partial charge in [-0.05, 0) is 70.0 Å². The van der Waals surface area contributed by atoms with Crippen LogP contribution in [0, 0.1) is 70.0 Å². The topological polar surface area (TPSA) is 0 Å². The summed E-state index contributed by atoms with van der Waals surface area (Å²) in [7, 11) is 0. The Hall–Kier alpha value is 0. The lowest BCUT2D eigenvalue weighted by Gasteiger charge is -2.22. The number of hydrogen-bond donors (Lipinski definition) is 0. The third-order valence-electron chi connectivity index (χ3n) is 13.2. The van der Waals surface area contributed by atoms with E-state index in [4.69, 9.17) is 0 Å². The molecule has 6 rings (SSSR count). The van der Waals surface area contributed by atoms with Crippen LogP contribution in [0.15, 0.2) is 0 Å². The molecule has 0 radical (unpaired) electrons. The Balaban J connectivity index is -0.0000000744. The van der Waals surface area contributed by atoms with E-state index in [-0.39, 0.29) is 0 Å². The molecule has 0 heterocycles. The Morgan fingerprint density at radius 2 is 0.568 bits per heavy atom. The molecule has 6 aliphatic carbocycles. The first kappa shape index (κ1) is 96.3. The normalized spacial score (nSPS) is 17.6. The van der Waals surface area contributed by atoms with Gasteiger partial charge in [-0.25, -0.2) is 0 Å². The van der Waals surface area contributed by atoms with Gasteiger partial charge in [-0.3, -0.25) is 0 Å². The lowest BCUT2D eigenvalue weighted by atomic mass is 9.84. The minimum Gasteiger partial charge on any atom is -0.0683 e. The van der Waals surface area contributed by atoms with Gasteiger partial charge < -0.3 is 0 Å². The van der Waals surface area contributed by atoms with Crippen LogP contribution in [-0.2, 0) is 0 Å². The molecule has 464 valence electrons. The molecule has 2 unspecified atom stereocenters. The zero-order valence-electron chi connectivity index (χ0n) is 60.6. The van der Waals surface area contributed by atoms with Crippen molar-refractivity contribution >= 4 is 0 Å². The van der Waals surface area contributed by atoms with E-state index >= 15 is 0 Å². The van der Waals surface area contributed by atoms with E-state index < -0.39 is 0 Å². The molecule has 0 aromatic rings. The van der Waals surface area contributed by atoms with Crippen molar-refractivity contribution in [3.8, 4) is 0 Å². The molecule has 0 saturated heterocycles. The summed E-state index contributed by atoms with van der Waals surface area (Å²) in [6, 6.07) is 0. The van der Waals surface area contributed by atoms with E-state index in [0.29, 0.717) is 10.8 Å². The highest BCUT2D eigenvalue weighted by Gasteiger charge is 2.18. The van der Waals surface area contributed by atoms with Crippen LogP contribution in [0.25, 0.3) is 0 Å². The van der Waals surface area contributed by atoms with Gasteiger partial charge in [0.15, 0.2) is 0 Å². The van der Waals surface area contributed by atoms with Gasteiger partial charge in [0.1, 0.15) is 0 Å². The van der Waals surface area contributed by atoms with Crippen LogP contribution in [-0.4, -0.2) is 0 Å².